The zero-order valence-electron chi connectivity index (χ0n) is 9.02. The molecule has 0 amide bonds. The van der Waals surface area contributed by atoms with Crippen molar-refractivity contribution in [2.45, 2.75) is 0 Å². The SMILES string of the molecule is O=C(c1ccccc1)c1c(O)cc(Br)c(O)c1Br. The van der Waals surface area contributed by atoms with Gasteiger partial charge >= 0.3 is 0 Å². The average molecular weight is 372 g/mol. The number of phenolic OH excluding ortho intramolecular Hbond substituents is 2. The Kier molecular flexibility index (Phi) is 3.73. The first-order chi connectivity index (χ1) is 8.52. The largest absolute Gasteiger partial charge is 0.507 e. The second kappa shape index (κ2) is 5.12. The zero-order valence-corrected chi connectivity index (χ0v) is 12.2. The number of hydrogen-bond donors (Lipinski definition) is 2. The highest BCUT2D eigenvalue weighted by Crippen LogP contribution is 2.40. The molecule has 0 radical (unpaired) electrons. The molecule has 0 unspecified atom stereocenters. The summed E-state index contributed by atoms with van der Waals surface area (Å²) in [5.41, 5.74) is 0.483. The van der Waals surface area contributed by atoms with Crippen LogP contribution < -0.4 is 0 Å². The van der Waals surface area contributed by atoms with Crippen LogP contribution in [0.3, 0.4) is 0 Å². The van der Waals surface area contributed by atoms with Crippen molar-refractivity contribution in [3.8, 4) is 11.5 Å². The van der Waals surface area contributed by atoms with E-state index >= 15 is 0 Å². The van der Waals surface area contributed by atoms with Gasteiger partial charge in [0.25, 0.3) is 0 Å². The van der Waals surface area contributed by atoms with Crippen molar-refractivity contribution in [1.82, 2.24) is 0 Å². The van der Waals surface area contributed by atoms with Gasteiger partial charge in [0.05, 0.1) is 14.5 Å². The van der Waals surface area contributed by atoms with E-state index in [4.69, 9.17) is 0 Å². The minimum Gasteiger partial charge on any atom is -0.507 e. The quantitative estimate of drug-likeness (QED) is 0.622. The average Bonchev–Trinajstić information content (AvgIpc) is 2.37. The molecular formula is C13H8Br2O3. The molecule has 0 aliphatic heterocycles. The van der Waals surface area contributed by atoms with E-state index in [1.165, 1.54) is 6.07 Å². The molecule has 0 atom stereocenters. The summed E-state index contributed by atoms with van der Waals surface area (Å²) >= 11 is 6.20. The molecule has 0 saturated carbocycles. The van der Waals surface area contributed by atoms with Crippen LogP contribution in [0.5, 0.6) is 11.5 Å². The zero-order chi connectivity index (χ0) is 13.3. The van der Waals surface area contributed by atoms with Crippen molar-refractivity contribution in [2.75, 3.05) is 0 Å². The Labute approximate surface area is 120 Å². The second-order valence-electron chi connectivity index (χ2n) is 3.61. The summed E-state index contributed by atoms with van der Waals surface area (Å²) in [5, 5.41) is 19.6. The first-order valence-electron chi connectivity index (χ1n) is 5.02. The van der Waals surface area contributed by atoms with Crippen molar-refractivity contribution in [3.05, 3.63) is 56.5 Å². The van der Waals surface area contributed by atoms with E-state index in [0.717, 1.165) is 0 Å². The third kappa shape index (κ3) is 2.28. The van der Waals surface area contributed by atoms with Crippen molar-refractivity contribution in [2.24, 2.45) is 0 Å². The molecule has 0 saturated heterocycles. The van der Waals surface area contributed by atoms with Crippen LogP contribution in [0.25, 0.3) is 0 Å². The fraction of sp³-hybridized carbons (Fsp3) is 0. The van der Waals surface area contributed by atoms with Gasteiger partial charge in [-0.3, -0.25) is 4.79 Å². The minimum absolute atomic E-state index is 0.0434. The van der Waals surface area contributed by atoms with Crippen LogP contribution >= 0.6 is 31.9 Å². The third-order valence-corrected chi connectivity index (χ3v) is 3.81. The summed E-state index contributed by atoms with van der Waals surface area (Å²) in [7, 11) is 0. The molecule has 2 aromatic carbocycles. The Morgan fingerprint density at radius 1 is 1.06 bits per heavy atom. The van der Waals surface area contributed by atoms with Crippen LogP contribution in [0.2, 0.25) is 0 Å². The van der Waals surface area contributed by atoms with Gasteiger partial charge in [-0.25, -0.2) is 0 Å². The maximum atomic E-state index is 12.2. The number of aromatic hydroxyl groups is 2. The lowest BCUT2D eigenvalue weighted by atomic mass is 10.0. The highest BCUT2D eigenvalue weighted by atomic mass is 79.9. The van der Waals surface area contributed by atoms with Gasteiger partial charge in [0.2, 0.25) is 0 Å². The molecule has 0 fully saturated rings. The standard InChI is InChI=1S/C13H8Br2O3/c14-8-6-9(16)10(11(15)13(8)18)12(17)7-4-2-1-3-5-7/h1-6,16,18H. The van der Waals surface area contributed by atoms with Gasteiger partial charge in [-0.2, -0.15) is 0 Å². The van der Waals surface area contributed by atoms with E-state index in [2.05, 4.69) is 31.9 Å². The van der Waals surface area contributed by atoms with Gasteiger partial charge < -0.3 is 10.2 Å². The third-order valence-electron chi connectivity index (χ3n) is 2.44. The highest BCUT2D eigenvalue weighted by molar-refractivity contribution is 9.11. The molecule has 5 heteroatoms. The van der Waals surface area contributed by atoms with Crippen LogP contribution in [0.4, 0.5) is 0 Å². The van der Waals surface area contributed by atoms with Gasteiger partial charge in [-0.15, -0.1) is 0 Å². The van der Waals surface area contributed by atoms with E-state index in [0.29, 0.717) is 10.0 Å². The molecule has 92 valence electrons. The van der Waals surface area contributed by atoms with Crippen molar-refractivity contribution >= 4 is 37.6 Å². The van der Waals surface area contributed by atoms with E-state index < -0.39 is 0 Å². The smallest absolute Gasteiger partial charge is 0.198 e. The summed E-state index contributed by atoms with van der Waals surface area (Å²) in [6.07, 6.45) is 0. The number of ketones is 1. The Bertz CT molecular complexity index is 609. The predicted octanol–water partition coefficient (Wildman–Crippen LogP) is 3.85. The van der Waals surface area contributed by atoms with E-state index in [1.807, 2.05) is 0 Å². The lowest BCUT2D eigenvalue weighted by molar-refractivity contribution is 0.103. The maximum absolute atomic E-state index is 12.2. The summed E-state index contributed by atoms with van der Waals surface area (Å²) in [4.78, 5) is 12.2. The first kappa shape index (κ1) is 13.1. The summed E-state index contributed by atoms with van der Waals surface area (Å²) < 4.78 is 0.486. The van der Waals surface area contributed by atoms with Gasteiger partial charge in [0.1, 0.15) is 11.5 Å². The summed E-state index contributed by atoms with van der Waals surface area (Å²) in [5.74, 6) is -0.671. The Morgan fingerprint density at radius 2 is 1.67 bits per heavy atom. The van der Waals surface area contributed by atoms with Crippen LogP contribution in [0, 0.1) is 0 Å². The lowest BCUT2D eigenvalue weighted by Crippen LogP contribution is -2.03. The summed E-state index contributed by atoms with van der Waals surface area (Å²) in [6, 6.07) is 9.84. The molecule has 2 rings (SSSR count). The molecule has 2 aromatic rings. The monoisotopic (exact) mass is 370 g/mol. The molecule has 0 heterocycles. The maximum Gasteiger partial charge on any atom is 0.198 e. The number of rotatable bonds is 2. The van der Waals surface area contributed by atoms with E-state index in [-0.39, 0.29) is 27.3 Å². The molecule has 0 aliphatic carbocycles. The fourth-order valence-corrected chi connectivity index (χ4v) is 2.82. The molecule has 2 N–H and O–H groups in total. The number of phenols is 2. The fourth-order valence-electron chi connectivity index (χ4n) is 1.55. The van der Waals surface area contributed by atoms with Gasteiger partial charge in [-0.1, -0.05) is 30.3 Å². The lowest BCUT2D eigenvalue weighted by Gasteiger charge is -2.09. The molecule has 0 bridgehead atoms. The highest BCUT2D eigenvalue weighted by Gasteiger charge is 2.21. The number of halogens is 2. The molecular weight excluding hydrogens is 364 g/mol. The Morgan fingerprint density at radius 3 is 2.28 bits per heavy atom. The predicted molar refractivity (Wildman–Crippen MR) is 75.0 cm³/mol. The number of hydrogen-bond acceptors (Lipinski definition) is 3. The molecule has 0 spiro atoms. The number of carbonyl (C=O) groups is 1. The van der Waals surface area contributed by atoms with Crippen LogP contribution in [-0.4, -0.2) is 16.0 Å². The van der Waals surface area contributed by atoms with Crippen LogP contribution in [0.1, 0.15) is 15.9 Å². The summed E-state index contributed by atoms with van der Waals surface area (Å²) in [6.45, 7) is 0. The van der Waals surface area contributed by atoms with Crippen molar-refractivity contribution in [3.63, 3.8) is 0 Å². The van der Waals surface area contributed by atoms with E-state index in [1.54, 1.807) is 30.3 Å². The van der Waals surface area contributed by atoms with E-state index in [9.17, 15) is 15.0 Å². The minimum atomic E-state index is -0.359. The topological polar surface area (TPSA) is 57.5 Å². The number of benzene rings is 2. The van der Waals surface area contributed by atoms with Gasteiger partial charge in [0.15, 0.2) is 5.78 Å². The normalized spacial score (nSPS) is 10.3. The van der Waals surface area contributed by atoms with Gasteiger partial charge in [0, 0.05) is 5.56 Å². The van der Waals surface area contributed by atoms with Crippen molar-refractivity contribution < 1.29 is 15.0 Å². The first-order valence-corrected chi connectivity index (χ1v) is 6.60. The van der Waals surface area contributed by atoms with Crippen molar-refractivity contribution in [1.29, 1.82) is 0 Å². The van der Waals surface area contributed by atoms with Crippen LogP contribution in [-0.2, 0) is 0 Å². The Balaban J connectivity index is 2.59. The Hall–Kier alpha value is -1.33. The van der Waals surface area contributed by atoms with Gasteiger partial charge in [-0.05, 0) is 37.9 Å². The molecule has 0 aliphatic rings. The molecule has 0 aromatic heterocycles. The molecule has 18 heavy (non-hydrogen) atoms. The molecule has 3 nitrogen and oxygen atoms in total. The second-order valence-corrected chi connectivity index (χ2v) is 5.26. The number of carbonyl (C=O) groups excluding carboxylic acids is 1. The van der Waals surface area contributed by atoms with Crippen LogP contribution in [0.15, 0.2) is 45.3 Å².